The second kappa shape index (κ2) is 8.86. The molecular formula is C23H15Cl2NO5S. The highest BCUT2D eigenvalue weighted by Crippen LogP contribution is 2.35. The van der Waals surface area contributed by atoms with Crippen molar-refractivity contribution in [2.45, 2.75) is 13.5 Å². The lowest BCUT2D eigenvalue weighted by Gasteiger charge is -2.12. The number of hydrogen-bond acceptors (Lipinski definition) is 5. The average Bonchev–Trinajstić information content (AvgIpc) is 3.30. The quantitative estimate of drug-likeness (QED) is 0.413. The Balaban J connectivity index is 1.54. The number of carbonyl (C=O) groups is 3. The summed E-state index contributed by atoms with van der Waals surface area (Å²) in [5.74, 6) is -0.495. The fourth-order valence-electron chi connectivity index (χ4n) is 3.23. The van der Waals surface area contributed by atoms with E-state index < -0.39 is 11.9 Å². The molecule has 1 aromatic heterocycles. The molecule has 1 N–H and O–H groups in total. The molecule has 1 fully saturated rings. The molecule has 2 amide bonds. The predicted molar refractivity (Wildman–Crippen MR) is 124 cm³/mol. The van der Waals surface area contributed by atoms with Gasteiger partial charge in [-0.25, -0.2) is 4.79 Å². The van der Waals surface area contributed by atoms with Crippen molar-refractivity contribution in [2.24, 2.45) is 0 Å². The Hall–Kier alpha value is -3.00. The first-order valence-electron chi connectivity index (χ1n) is 9.36. The second-order valence-corrected chi connectivity index (χ2v) is 8.86. The average molecular weight is 488 g/mol. The van der Waals surface area contributed by atoms with Gasteiger partial charge in [0.1, 0.15) is 11.5 Å². The topological polar surface area (TPSA) is 87.8 Å². The monoisotopic (exact) mass is 487 g/mol. The number of hydrogen-bond donors (Lipinski definition) is 1. The lowest BCUT2D eigenvalue weighted by atomic mass is 10.0. The molecule has 0 radical (unpaired) electrons. The van der Waals surface area contributed by atoms with E-state index in [9.17, 15) is 14.4 Å². The first-order chi connectivity index (χ1) is 15.2. The molecule has 0 saturated carbocycles. The van der Waals surface area contributed by atoms with E-state index in [4.69, 9.17) is 32.7 Å². The van der Waals surface area contributed by atoms with Crippen molar-refractivity contribution in [2.75, 3.05) is 0 Å². The normalized spacial score (nSPS) is 15.1. The summed E-state index contributed by atoms with van der Waals surface area (Å²) in [6, 6.07) is 13.1. The SMILES string of the molecule is Cc1cc(C(=O)O)ccc1-c1ccc(/C=C2\SC(=O)N(Cc3ccc(Cl)c(Cl)c3)C2=O)o1. The summed E-state index contributed by atoms with van der Waals surface area (Å²) in [6.07, 6.45) is 1.52. The van der Waals surface area contributed by atoms with E-state index in [1.165, 1.54) is 12.1 Å². The fourth-order valence-corrected chi connectivity index (χ4v) is 4.37. The molecule has 0 unspecified atom stereocenters. The number of benzene rings is 2. The van der Waals surface area contributed by atoms with Crippen molar-refractivity contribution < 1.29 is 23.9 Å². The number of rotatable bonds is 5. The van der Waals surface area contributed by atoms with Crippen molar-refractivity contribution in [3.8, 4) is 11.3 Å². The van der Waals surface area contributed by atoms with Crippen LogP contribution in [0.25, 0.3) is 17.4 Å². The summed E-state index contributed by atoms with van der Waals surface area (Å²) in [5, 5.41) is 9.46. The number of halogens is 2. The van der Waals surface area contributed by atoms with Crippen LogP contribution in [0, 0.1) is 6.92 Å². The van der Waals surface area contributed by atoms with Crippen LogP contribution in [-0.2, 0) is 11.3 Å². The van der Waals surface area contributed by atoms with Crippen LogP contribution in [0.15, 0.2) is 57.9 Å². The Morgan fingerprint density at radius 1 is 1.09 bits per heavy atom. The van der Waals surface area contributed by atoms with Gasteiger partial charge in [-0.05, 0) is 66.2 Å². The molecule has 9 heteroatoms. The van der Waals surface area contributed by atoms with Gasteiger partial charge in [-0.1, -0.05) is 35.3 Å². The van der Waals surface area contributed by atoms with Gasteiger partial charge in [0.25, 0.3) is 11.1 Å². The minimum atomic E-state index is -1.00. The second-order valence-electron chi connectivity index (χ2n) is 7.05. The standard InChI is InChI=1S/C23H15Cl2NO5S/c1-12-8-14(22(28)29)3-5-16(12)19-7-4-15(31-19)10-20-21(27)26(23(30)32-20)11-13-2-6-17(24)18(25)9-13/h2-10H,11H2,1H3,(H,28,29)/b20-10-. The Bertz CT molecular complexity index is 1300. The molecule has 4 rings (SSSR count). The first kappa shape index (κ1) is 22.2. The van der Waals surface area contributed by atoms with E-state index >= 15 is 0 Å². The molecular weight excluding hydrogens is 473 g/mol. The third kappa shape index (κ3) is 4.46. The van der Waals surface area contributed by atoms with Gasteiger partial charge in [0.15, 0.2) is 0 Å². The number of amides is 2. The van der Waals surface area contributed by atoms with Gasteiger partial charge in [-0.3, -0.25) is 14.5 Å². The molecule has 0 spiro atoms. The molecule has 162 valence electrons. The Morgan fingerprint density at radius 3 is 2.56 bits per heavy atom. The Morgan fingerprint density at radius 2 is 1.88 bits per heavy atom. The molecule has 6 nitrogen and oxygen atoms in total. The number of imide groups is 1. The van der Waals surface area contributed by atoms with Crippen molar-refractivity contribution in [1.29, 1.82) is 0 Å². The summed E-state index contributed by atoms with van der Waals surface area (Å²) in [5.41, 5.74) is 2.35. The summed E-state index contributed by atoms with van der Waals surface area (Å²) in [6.45, 7) is 1.87. The summed E-state index contributed by atoms with van der Waals surface area (Å²) in [7, 11) is 0. The van der Waals surface area contributed by atoms with Crippen LogP contribution in [-0.4, -0.2) is 27.1 Å². The Labute approximate surface area is 197 Å². The van der Waals surface area contributed by atoms with Crippen LogP contribution in [0.5, 0.6) is 0 Å². The van der Waals surface area contributed by atoms with Gasteiger partial charge in [-0.15, -0.1) is 0 Å². The van der Waals surface area contributed by atoms with E-state index in [1.54, 1.807) is 49.4 Å². The molecule has 0 aliphatic carbocycles. The number of aromatic carboxylic acids is 1. The third-order valence-corrected chi connectivity index (χ3v) is 6.48. The van der Waals surface area contributed by atoms with E-state index in [-0.39, 0.29) is 22.3 Å². The van der Waals surface area contributed by atoms with Crippen molar-refractivity contribution in [3.05, 3.63) is 85.9 Å². The highest BCUT2D eigenvalue weighted by Gasteiger charge is 2.35. The molecule has 3 aromatic rings. The maximum Gasteiger partial charge on any atom is 0.335 e. The number of carboxylic acid groups (broad SMARTS) is 1. The van der Waals surface area contributed by atoms with Crippen LogP contribution >= 0.6 is 35.0 Å². The van der Waals surface area contributed by atoms with Gasteiger partial charge < -0.3 is 9.52 Å². The summed E-state index contributed by atoms with van der Waals surface area (Å²) >= 11 is 12.8. The van der Waals surface area contributed by atoms with Crippen LogP contribution in [0.2, 0.25) is 10.0 Å². The summed E-state index contributed by atoms with van der Waals surface area (Å²) in [4.78, 5) is 37.7. The molecule has 0 bridgehead atoms. The zero-order valence-electron chi connectivity index (χ0n) is 16.6. The van der Waals surface area contributed by atoms with Crippen molar-refractivity contribution in [1.82, 2.24) is 4.90 Å². The zero-order chi connectivity index (χ0) is 23.0. The zero-order valence-corrected chi connectivity index (χ0v) is 18.9. The minimum Gasteiger partial charge on any atom is -0.478 e. The molecule has 32 heavy (non-hydrogen) atoms. The van der Waals surface area contributed by atoms with Gasteiger partial charge in [0, 0.05) is 11.6 Å². The molecule has 2 aromatic carbocycles. The highest BCUT2D eigenvalue weighted by molar-refractivity contribution is 8.18. The van der Waals surface area contributed by atoms with Gasteiger partial charge in [0.05, 0.1) is 27.1 Å². The Kier molecular flexibility index (Phi) is 6.15. The van der Waals surface area contributed by atoms with Crippen LogP contribution in [0.3, 0.4) is 0 Å². The van der Waals surface area contributed by atoms with Crippen LogP contribution in [0.1, 0.15) is 27.2 Å². The fraction of sp³-hybridized carbons (Fsp3) is 0.0870. The van der Waals surface area contributed by atoms with Crippen molar-refractivity contribution >= 4 is 58.2 Å². The number of thioether (sulfide) groups is 1. The minimum absolute atomic E-state index is 0.0808. The predicted octanol–water partition coefficient (Wildman–Crippen LogP) is 6.50. The maximum atomic E-state index is 12.8. The van der Waals surface area contributed by atoms with Crippen LogP contribution in [0.4, 0.5) is 4.79 Å². The van der Waals surface area contributed by atoms with E-state index in [0.29, 0.717) is 27.1 Å². The molecule has 2 heterocycles. The lowest BCUT2D eigenvalue weighted by molar-refractivity contribution is -0.123. The molecule has 1 saturated heterocycles. The number of carbonyl (C=O) groups excluding carboxylic acids is 2. The summed E-state index contributed by atoms with van der Waals surface area (Å²) < 4.78 is 5.83. The highest BCUT2D eigenvalue weighted by atomic mass is 35.5. The van der Waals surface area contributed by atoms with Gasteiger partial charge in [-0.2, -0.15) is 0 Å². The number of aryl methyl sites for hydroxylation is 1. The lowest BCUT2D eigenvalue weighted by Crippen LogP contribution is -2.27. The van der Waals surface area contributed by atoms with Crippen molar-refractivity contribution in [3.63, 3.8) is 0 Å². The number of nitrogens with zero attached hydrogens (tertiary/aromatic N) is 1. The van der Waals surface area contributed by atoms with Gasteiger partial charge in [0.2, 0.25) is 0 Å². The van der Waals surface area contributed by atoms with Gasteiger partial charge >= 0.3 is 5.97 Å². The molecule has 0 atom stereocenters. The first-order valence-corrected chi connectivity index (χ1v) is 10.9. The van der Waals surface area contributed by atoms with Crippen LogP contribution < -0.4 is 0 Å². The molecule has 1 aliphatic rings. The maximum absolute atomic E-state index is 12.8. The van der Waals surface area contributed by atoms with E-state index in [2.05, 4.69) is 0 Å². The van der Waals surface area contributed by atoms with E-state index in [0.717, 1.165) is 27.8 Å². The number of furan rings is 1. The largest absolute Gasteiger partial charge is 0.478 e. The molecule has 1 aliphatic heterocycles. The number of carboxylic acids is 1. The smallest absolute Gasteiger partial charge is 0.335 e. The van der Waals surface area contributed by atoms with E-state index in [1.807, 2.05) is 0 Å². The third-order valence-electron chi connectivity index (χ3n) is 4.84.